The van der Waals surface area contributed by atoms with Crippen molar-refractivity contribution < 1.29 is 19.0 Å². The smallest absolute Gasteiger partial charge is 0.415 e. The number of nitrogens with zero attached hydrogens (tertiary/aromatic N) is 1. The van der Waals surface area contributed by atoms with Gasteiger partial charge in [0.2, 0.25) is 0 Å². The number of hydrogen-bond donors (Lipinski definition) is 0. The molecule has 1 aliphatic heterocycles. The summed E-state index contributed by atoms with van der Waals surface area (Å²) in [6.45, 7) is 0.212. The third kappa shape index (κ3) is 4.54. The number of ether oxygens (including phenoxy) is 3. The van der Waals surface area contributed by atoms with Crippen LogP contribution >= 0.6 is 15.9 Å². The zero-order valence-electron chi connectivity index (χ0n) is 17.5. The Bertz CT molecular complexity index is 1070. The van der Waals surface area contributed by atoms with Gasteiger partial charge in [-0.2, -0.15) is 0 Å². The third-order valence-electron chi connectivity index (χ3n) is 5.49. The van der Waals surface area contributed by atoms with Crippen LogP contribution in [0.25, 0.3) is 0 Å². The van der Waals surface area contributed by atoms with Crippen LogP contribution in [0.4, 0.5) is 10.5 Å². The van der Waals surface area contributed by atoms with E-state index in [2.05, 4.69) is 15.9 Å². The monoisotopic (exact) mass is 481 g/mol. The molecule has 1 amide bonds. The Morgan fingerprint density at radius 2 is 1.84 bits per heavy atom. The Balaban J connectivity index is 1.71. The molecule has 0 bridgehead atoms. The third-order valence-corrected chi connectivity index (χ3v) is 6.11. The maximum absolute atomic E-state index is 13.4. The Labute approximate surface area is 190 Å². The second-order valence-electron chi connectivity index (χ2n) is 7.36. The van der Waals surface area contributed by atoms with Crippen molar-refractivity contribution >= 4 is 27.7 Å². The number of anilines is 1. The molecule has 0 spiro atoms. The van der Waals surface area contributed by atoms with Crippen LogP contribution in [0, 0.1) is 0 Å². The van der Waals surface area contributed by atoms with Gasteiger partial charge in [-0.3, -0.25) is 4.90 Å². The molecule has 0 fully saturated rings. The first kappa shape index (κ1) is 21.2. The van der Waals surface area contributed by atoms with Gasteiger partial charge in [0.25, 0.3) is 0 Å². The molecule has 1 unspecified atom stereocenters. The van der Waals surface area contributed by atoms with E-state index in [9.17, 15) is 4.79 Å². The van der Waals surface area contributed by atoms with E-state index in [0.29, 0.717) is 5.75 Å². The fourth-order valence-corrected chi connectivity index (χ4v) is 4.49. The van der Waals surface area contributed by atoms with Gasteiger partial charge in [-0.1, -0.05) is 42.5 Å². The molecule has 160 valence electrons. The van der Waals surface area contributed by atoms with E-state index in [0.717, 1.165) is 45.4 Å². The van der Waals surface area contributed by atoms with Crippen molar-refractivity contribution in [1.82, 2.24) is 0 Å². The number of fused-ring (bicyclic) bond motifs is 1. The maximum Gasteiger partial charge on any atom is 0.415 e. The van der Waals surface area contributed by atoms with E-state index in [4.69, 9.17) is 14.2 Å². The molecule has 31 heavy (non-hydrogen) atoms. The SMILES string of the molecule is COc1cccc(C2CCc3cc(Br)c(OC)cc3N2C(=O)OCc2ccccc2)c1. The van der Waals surface area contributed by atoms with Crippen molar-refractivity contribution in [3.63, 3.8) is 0 Å². The molecular weight excluding hydrogens is 458 g/mol. The van der Waals surface area contributed by atoms with E-state index in [-0.39, 0.29) is 18.7 Å². The van der Waals surface area contributed by atoms with Crippen molar-refractivity contribution in [2.45, 2.75) is 25.5 Å². The molecule has 0 saturated carbocycles. The van der Waals surface area contributed by atoms with Crippen LogP contribution < -0.4 is 14.4 Å². The highest BCUT2D eigenvalue weighted by atomic mass is 79.9. The summed E-state index contributed by atoms with van der Waals surface area (Å²) in [5.41, 5.74) is 3.82. The maximum atomic E-state index is 13.4. The summed E-state index contributed by atoms with van der Waals surface area (Å²) in [7, 11) is 3.26. The van der Waals surface area contributed by atoms with Crippen LogP contribution in [-0.4, -0.2) is 20.3 Å². The number of aryl methyl sites for hydroxylation is 1. The Hall–Kier alpha value is -2.99. The van der Waals surface area contributed by atoms with E-state index >= 15 is 0 Å². The number of benzene rings is 3. The summed E-state index contributed by atoms with van der Waals surface area (Å²) in [4.78, 5) is 15.1. The second kappa shape index (κ2) is 9.43. The molecule has 1 atom stereocenters. The lowest BCUT2D eigenvalue weighted by Crippen LogP contribution is -2.38. The molecular formula is C25H24BrNO4. The number of methoxy groups -OCH3 is 2. The number of halogens is 1. The Kier molecular flexibility index (Phi) is 6.47. The quantitative estimate of drug-likeness (QED) is 0.429. The van der Waals surface area contributed by atoms with Gasteiger partial charge in [0, 0.05) is 6.07 Å². The molecule has 6 heteroatoms. The summed E-state index contributed by atoms with van der Waals surface area (Å²) in [5, 5.41) is 0. The minimum Gasteiger partial charge on any atom is -0.497 e. The molecule has 3 aromatic rings. The van der Waals surface area contributed by atoms with Gasteiger partial charge in [-0.25, -0.2) is 4.79 Å². The predicted molar refractivity (Wildman–Crippen MR) is 124 cm³/mol. The van der Waals surface area contributed by atoms with Gasteiger partial charge >= 0.3 is 6.09 Å². The minimum absolute atomic E-state index is 0.170. The molecule has 0 saturated heterocycles. The van der Waals surface area contributed by atoms with E-state index in [1.54, 1.807) is 19.1 Å². The van der Waals surface area contributed by atoms with Gasteiger partial charge < -0.3 is 14.2 Å². The van der Waals surface area contributed by atoms with Gasteiger partial charge in [0.1, 0.15) is 18.1 Å². The topological polar surface area (TPSA) is 48.0 Å². The molecule has 0 aliphatic carbocycles. The lowest BCUT2D eigenvalue weighted by Gasteiger charge is -2.37. The van der Waals surface area contributed by atoms with Crippen molar-refractivity contribution in [3.8, 4) is 11.5 Å². The van der Waals surface area contributed by atoms with Gasteiger partial charge in [0.05, 0.1) is 30.4 Å². The first-order valence-corrected chi connectivity index (χ1v) is 10.9. The first-order valence-electron chi connectivity index (χ1n) is 10.1. The molecule has 4 rings (SSSR count). The summed E-state index contributed by atoms with van der Waals surface area (Å²) < 4.78 is 17.5. The highest BCUT2D eigenvalue weighted by molar-refractivity contribution is 9.10. The lowest BCUT2D eigenvalue weighted by atomic mass is 9.91. The minimum atomic E-state index is -0.387. The molecule has 3 aromatic carbocycles. The lowest BCUT2D eigenvalue weighted by molar-refractivity contribution is 0.143. The molecule has 0 radical (unpaired) electrons. The summed E-state index contributed by atoms with van der Waals surface area (Å²) in [6, 6.07) is 21.3. The zero-order chi connectivity index (χ0) is 21.8. The predicted octanol–water partition coefficient (Wildman–Crippen LogP) is 6.30. The van der Waals surface area contributed by atoms with Crippen LogP contribution in [0.1, 0.15) is 29.2 Å². The average molecular weight is 482 g/mol. The largest absolute Gasteiger partial charge is 0.497 e. The number of carbonyl (C=O) groups is 1. The molecule has 0 aromatic heterocycles. The van der Waals surface area contributed by atoms with Crippen LogP contribution in [0.15, 0.2) is 71.2 Å². The number of amides is 1. The van der Waals surface area contributed by atoms with Crippen LogP contribution in [0.3, 0.4) is 0 Å². The number of rotatable bonds is 5. The van der Waals surface area contributed by atoms with E-state index in [1.807, 2.05) is 66.7 Å². The van der Waals surface area contributed by atoms with Crippen LogP contribution in [0.2, 0.25) is 0 Å². The second-order valence-corrected chi connectivity index (χ2v) is 8.21. The highest BCUT2D eigenvalue weighted by Gasteiger charge is 2.34. The number of hydrogen-bond acceptors (Lipinski definition) is 4. The van der Waals surface area contributed by atoms with Crippen LogP contribution in [-0.2, 0) is 17.8 Å². The molecule has 5 nitrogen and oxygen atoms in total. The van der Waals surface area contributed by atoms with E-state index in [1.165, 1.54) is 0 Å². The fraction of sp³-hybridized carbons (Fsp3) is 0.240. The molecule has 1 aliphatic rings. The van der Waals surface area contributed by atoms with Crippen molar-refractivity contribution in [2.75, 3.05) is 19.1 Å². The highest BCUT2D eigenvalue weighted by Crippen LogP contribution is 2.43. The van der Waals surface area contributed by atoms with Gasteiger partial charge in [0.15, 0.2) is 0 Å². The zero-order valence-corrected chi connectivity index (χ0v) is 19.1. The van der Waals surface area contributed by atoms with Gasteiger partial charge in [-0.15, -0.1) is 0 Å². The van der Waals surface area contributed by atoms with Gasteiger partial charge in [-0.05, 0) is 63.7 Å². The fourth-order valence-electron chi connectivity index (χ4n) is 3.93. The molecule has 1 heterocycles. The Morgan fingerprint density at radius 3 is 2.58 bits per heavy atom. The first-order chi connectivity index (χ1) is 15.1. The van der Waals surface area contributed by atoms with Crippen molar-refractivity contribution in [1.29, 1.82) is 0 Å². The Morgan fingerprint density at radius 1 is 1.03 bits per heavy atom. The van der Waals surface area contributed by atoms with Crippen molar-refractivity contribution in [2.24, 2.45) is 0 Å². The summed E-state index contributed by atoms with van der Waals surface area (Å²) >= 11 is 3.56. The van der Waals surface area contributed by atoms with Crippen LogP contribution in [0.5, 0.6) is 11.5 Å². The van der Waals surface area contributed by atoms with Crippen molar-refractivity contribution in [3.05, 3.63) is 87.9 Å². The number of carbonyl (C=O) groups excluding carboxylic acids is 1. The normalized spacial score (nSPS) is 15.2. The molecule has 0 N–H and O–H groups in total. The average Bonchev–Trinajstić information content (AvgIpc) is 2.82. The van der Waals surface area contributed by atoms with E-state index < -0.39 is 0 Å². The standard InChI is InChI=1S/C25H24BrNO4/c1-29-20-10-6-9-18(13-20)22-12-11-19-14-21(26)24(30-2)15-23(19)27(22)25(28)31-16-17-7-4-3-5-8-17/h3-10,13-15,22H,11-12,16H2,1-2H3. The summed E-state index contributed by atoms with van der Waals surface area (Å²) in [5.74, 6) is 1.43. The summed E-state index contributed by atoms with van der Waals surface area (Å²) in [6.07, 6.45) is 1.23.